The summed E-state index contributed by atoms with van der Waals surface area (Å²) in [6.07, 6.45) is 3.90. The van der Waals surface area contributed by atoms with Gasteiger partial charge in [-0.1, -0.05) is 6.42 Å². The van der Waals surface area contributed by atoms with Gasteiger partial charge in [0.2, 0.25) is 11.2 Å². The molecule has 0 radical (unpaired) electrons. The second kappa shape index (κ2) is 7.45. The highest BCUT2D eigenvalue weighted by atomic mass is 35.5. The lowest BCUT2D eigenvalue weighted by Crippen LogP contribution is -2.33. The summed E-state index contributed by atoms with van der Waals surface area (Å²) in [6, 6.07) is 0.285. The normalized spacial score (nSPS) is 16.3. The van der Waals surface area contributed by atoms with Crippen LogP contribution in [0.3, 0.4) is 0 Å². The Kier molecular flexibility index (Phi) is 5.60. The zero-order chi connectivity index (χ0) is 13.5. The zero-order valence-corrected chi connectivity index (χ0v) is 12.0. The van der Waals surface area contributed by atoms with Crippen molar-refractivity contribution in [3.63, 3.8) is 0 Å². The van der Waals surface area contributed by atoms with Crippen LogP contribution in [0.4, 0.5) is 5.95 Å². The molecular weight excluding hydrogens is 266 g/mol. The molecular formula is C12H20ClN5O. The van der Waals surface area contributed by atoms with Gasteiger partial charge in [0.05, 0.1) is 0 Å². The van der Waals surface area contributed by atoms with Crippen molar-refractivity contribution in [3.05, 3.63) is 5.28 Å². The number of hydrogen-bond donors (Lipinski definition) is 1. The summed E-state index contributed by atoms with van der Waals surface area (Å²) in [5, 5.41) is 3.14. The number of ether oxygens (including phenoxy) is 1. The number of anilines is 1. The van der Waals surface area contributed by atoms with Crippen molar-refractivity contribution >= 4 is 17.5 Å². The number of rotatable bonds is 6. The maximum Gasteiger partial charge on any atom is 0.322 e. The minimum Gasteiger partial charge on any atom is -0.462 e. The fraction of sp³-hybridized carbons (Fsp3) is 0.750. The van der Waals surface area contributed by atoms with Crippen molar-refractivity contribution in [2.24, 2.45) is 0 Å². The second-order valence-electron chi connectivity index (χ2n) is 4.49. The Morgan fingerprint density at radius 2 is 2.00 bits per heavy atom. The van der Waals surface area contributed by atoms with E-state index >= 15 is 0 Å². The fourth-order valence-electron chi connectivity index (χ4n) is 2.08. The molecule has 0 spiro atoms. The molecule has 6 nitrogen and oxygen atoms in total. The Morgan fingerprint density at radius 3 is 2.74 bits per heavy atom. The summed E-state index contributed by atoms with van der Waals surface area (Å²) < 4.78 is 5.55. The zero-order valence-electron chi connectivity index (χ0n) is 11.2. The van der Waals surface area contributed by atoms with Crippen molar-refractivity contribution in [2.75, 3.05) is 38.1 Å². The number of aromatic nitrogens is 3. The molecule has 0 atom stereocenters. The number of nitrogens with one attached hydrogen (secondary N) is 1. The third-order valence-electron chi connectivity index (χ3n) is 3.01. The summed E-state index contributed by atoms with van der Waals surface area (Å²) in [7, 11) is 0. The molecule has 7 heteroatoms. The largest absolute Gasteiger partial charge is 0.462 e. The molecule has 106 valence electrons. The first kappa shape index (κ1) is 14.3. The van der Waals surface area contributed by atoms with E-state index in [1.165, 1.54) is 19.3 Å². The van der Waals surface area contributed by atoms with Crippen molar-refractivity contribution in [3.8, 4) is 6.01 Å². The molecule has 1 N–H and O–H groups in total. The number of nitrogens with zero attached hydrogens (tertiary/aromatic N) is 4. The van der Waals surface area contributed by atoms with Gasteiger partial charge in [-0.05, 0) is 44.5 Å². The first-order chi connectivity index (χ1) is 9.28. The first-order valence-electron chi connectivity index (χ1n) is 6.78. The predicted molar refractivity (Wildman–Crippen MR) is 74.8 cm³/mol. The number of likely N-dealkylation sites (tertiary alicyclic amines) is 1. The van der Waals surface area contributed by atoms with Gasteiger partial charge >= 0.3 is 6.01 Å². The van der Waals surface area contributed by atoms with Crippen LogP contribution in [0.1, 0.15) is 26.2 Å². The quantitative estimate of drug-likeness (QED) is 0.860. The van der Waals surface area contributed by atoms with Gasteiger partial charge in [-0.3, -0.25) is 4.90 Å². The maximum absolute atomic E-state index is 5.82. The van der Waals surface area contributed by atoms with Gasteiger partial charge < -0.3 is 10.1 Å². The summed E-state index contributed by atoms with van der Waals surface area (Å²) >= 11 is 5.82. The van der Waals surface area contributed by atoms with E-state index in [1.807, 2.05) is 6.92 Å². The smallest absolute Gasteiger partial charge is 0.322 e. The number of halogens is 1. The summed E-state index contributed by atoms with van der Waals surface area (Å²) in [5.74, 6) is 0.454. The Morgan fingerprint density at radius 1 is 1.21 bits per heavy atom. The molecule has 1 aromatic rings. The van der Waals surface area contributed by atoms with Crippen LogP contribution >= 0.6 is 11.6 Å². The van der Waals surface area contributed by atoms with E-state index < -0.39 is 0 Å². The summed E-state index contributed by atoms with van der Waals surface area (Å²) in [5.41, 5.74) is 0. The van der Waals surface area contributed by atoms with Crippen LogP contribution in [0.15, 0.2) is 0 Å². The van der Waals surface area contributed by atoms with Gasteiger partial charge in [-0.25, -0.2) is 0 Å². The number of hydrogen-bond acceptors (Lipinski definition) is 6. The molecule has 0 saturated carbocycles. The van der Waals surface area contributed by atoms with Gasteiger partial charge in [0.1, 0.15) is 6.61 Å². The van der Waals surface area contributed by atoms with Crippen LogP contribution in [0, 0.1) is 0 Å². The molecule has 1 fully saturated rings. The van der Waals surface area contributed by atoms with Gasteiger partial charge in [0.25, 0.3) is 0 Å². The van der Waals surface area contributed by atoms with Crippen LogP contribution in [0.25, 0.3) is 0 Å². The Bertz CT molecular complexity index is 398. The molecule has 2 heterocycles. The SMILES string of the molecule is CCNc1nc(Cl)nc(OCCN2CCCCC2)n1. The molecule has 2 rings (SSSR count). The van der Waals surface area contributed by atoms with Crippen molar-refractivity contribution < 1.29 is 4.74 Å². The van der Waals surface area contributed by atoms with E-state index in [9.17, 15) is 0 Å². The molecule has 0 aromatic carbocycles. The van der Waals surface area contributed by atoms with Crippen molar-refractivity contribution in [2.45, 2.75) is 26.2 Å². The van der Waals surface area contributed by atoms with Crippen LogP contribution in [-0.4, -0.2) is 52.6 Å². The fourth-order valence-corrected chi connectivity index (χ4v) is 2.24. The number of piperidine rings is 1. The molecule has 1 aromatic heterocycles. The standard InChI is InChI=1S/C12H20ClN5O/c1-2-14-11-15-10(13)16-12(17-11)19-9-8-18-6-4-3-5-7-18/h2-9H2,1H3,(H,14,15,16,17). The molecule has 19 heavy (non-hydrogen) atoms. The van der Waals surface area contributed by atoms with E-state index in [4.69, 9.17) is 16.3 Å². The van der Waals surface area contributed by atoms with Gasteiger partial charge in [0, 0.05) is 13.1 Å². The Balaban J connectivity index is 1.81. The molecule has 0 aliphatic carbocycles. The van der Waals surface area contributed by atoms with Crippen molar-refractivity contribution in [1.29, 1.82) is 0 Å². The van der Waals surface area contributed by atoms with E-state index in [-0.39, 0.29) is 11.3 Å². The lowest BCUT2D eigenvalue weighted by Gasteiger charge is -2.25. The van der Waals surface area contributed by atoms with E-state index in [0.29, 0.717) is 12.6 Å². The minimum atomic E-state index is 0.152. The average molecular weight is 286 g/mol. The lowest BCUT2D eigenvalue weighted by molar-refractivity contribution is 0.177. The van der Waals surface area contributed by atoms with Crippen LogP contribution in [0.5, 0.6) is 6.01 Å². The highest BCUT2D eigenvalue weighted by Crippen LogP contribution is 2.12. The molecule has 1 aliphatic rings. The average Bonchev–Trinajstić information content (AvgIpc) is 2.40. The molecule has 1 saturated heterocycles. The molecule has 0 unspecified atom stereocenters. The Labute approximate surface area is 118 Å². The first-order valence-corrected chi connectivity index (χ1v) is 7.16. The molecule has 0 amide bonds. The third-order valence-corrected chi connectivity index (χ3v) is 3.18. The van der Waals surface area contributed by atoms with Gasteiger partial charge in [-0.2, -0.15) is 15.0 Å². The lowest BCUT2D eigenvalue weighted by atomic mass is 10.1. The van der Waals surface area contributed by atoms with Crippen molar-refractivity contribution in [1.82, 2.24) is 19.9 Å². The van der Waals surface area contributed by atoms with Crippen LogP contribution in [-0.2, 0) is 0 Å². The minimum absolute atomic E-state index is 0.152. The van der Waals surface area contributed by atoms with Crippen LogP contribution in [0.2, 0.25) is 5.28 Å². The molecule has 1 aliphatic heterocycles. The van der Waals surface area contributed by atoms with Crippen LogP contribution < -0.4 is 10.1 Å². The van der Waals surface area contributed by atoms with E-state index in [2.05, 4.69) is 25.2 Å². The summed E-state index contributed by atoms with van der Waals surface area (Å²) in [4.78, 5) is 14.5. The van der Waals surface area contributed by atoms with E-state index in [1.54, 1.807) is 0 Å². The predicted octanol–water partition coefficient (Wildman–Crippen LogP) is 1.82. The topological polar surface area (TPSA) is 63.2 Å². The third kappa shape index (κ3) is 4.80. The maximum atomic E-state index is 5.82. The second-order valence-corrected chi connectivity index (χ2v) is 4.83. The van der Waals surface area contributed by atoms with Gasteiger partial charge in [0.15, 0.2) is 0 Å². The van der Waals surface area contributed by atoms with Gasteiger partial charge in [-0.15, -0.1) is 0 Å². The highest BCUT2D eigenvalue weighted by Gasteiger charge is 2.10. The highest BCUT2D eigenvalue weighted by molar-refractivity contribution is 6.28. The van der Waals surface area contributed by atoms with E-state index in [0.717, 1.165) is 26.2 Å². The molecule has 0 bridgehead atoms. The summed E-state index contributed by atoms with van der Waals surface area (Å²) in [6.45, 7) is 6.49. The Hall–Kier alpha value is -1.14. The monoisotopic (exact) mass is 285 g/mol.